The number of carbonyl (C=O) groups is 4. The Morgan fingerprint density at radius 1 is 0.444 bits per heavy atom. The molecular formula is C69H91F11N24O4. The Balaban J connectivity index is 0. The molecule has 0 spiro atoms. The van der Waals surface area contributed by atoms with Crippen LogP contribution in [0, 0.1) is 34.9 Å². The SMILES string of the molecule is CC(C)(Nc1ccnc(-c2c[nH]c3ncc(F)cc23)n1)C(=O)NCC(F)F.CC(C)(Nc1ccnc(-c2c[nH]c3ncc(F)cc23)n1)C(=O)NCCF.CC(C)(Nc1nc(-c2c[nH]c3ncc(F)cc23)ncc1F)C(=O)NCC(F)F.CCN(C)C(=O)C(C)(C)Nc1nc(-c2c[nH]c3ncc(F)cc23)ncc1F.[HH].[HH].[HH].[HH].[HH].[HH].[HH].[HH].[HH].[HH]. The zero-order chi connectivity index (χ0) is 78.6. The zero-order valence-corrected chi connectivity index (χ0v) is 59.2. The summed E-state index contributed by atoms with van der Waals surface area (Å²) in [4.78, 5) is 111. The molecule has 28 nitrogen and oxygen atoms in total. The highest BCUT2D eigenvalue weighted by atomic mass is 19.3. The van der Waals surface area contributed by atoms with Crippen LogP contribution in [0.2, 0.25) is 0 Å². The summed E-state index contributed by atoms with van der Waals surface area (Å²) >= 11 is 0. The van der Waals surface area contributed by atoms with Crippen LogP contribution < -0.4 is 37.2 Å². The van der Waals surface area contributed by atoms with E-state index in [1.807, 2.05) is 6.92 Å². The number of amides is 4. The Bertz CT molecular complexity index is 5250. The molecule has 12 rings (SSSR count). The van der Waals surface area contributed by atoms with Crippen LogP contribution in [0.25, 0.3) is 89.7 Å². The molecule has 39 heteroatoms. The van der Waals surface area contributed by atoms with Crippen molar-refractivity contribution in [1.82, 2.24) is 101 Å². The number of aromatic nitrogens is 16. The molecule has 0 fully saturated rings. The standard InChI is InChI=1S/C18H20F2N6O.C17H16F4N6O.C17H17F3N6O.C17H18F2N6O.10H2/c1-5-26(4)17(27)18(2,3)25-16-13(20)9-23-15(24-16)12-8-22-14-11(12)6-10(19)7-21-14;1-17(2,16(28)25-7-12(20)21)27-15-11(19)6-24-14(26-15)10-5-23-13-9(10)3-8(18)4-22-13;1-17(2,16(27)24-8-12(19)20)26-13-3-4-21-15(25-13)11-7-23-14-10(11)5-9(18)6-22-14;1-17(2,16(26)21-6-4-18)25-13-3-5-20-15(24-13)12-9-23-14-11(12)7-10(19)8-22-14;;;;;;;;;;/h6-9H,5H2,1-4H3,(H,21,22)(H,23,24,25);3-6,12H,7H2,1-2H3,(H,22,23)(H,25,28)(H,24,26,27);3-7,12H,8H2,1-2H3,(H,22,23)(H,24,27)(H,21,25,26);3,5,7-9H,4,6H2,1-2H3,(H,21,26)(H,22,23)(H,20,24,25);10*1H. The maximum Gasteiger partial charge on any atom is 0.255 e. The molecule has 0 radical (unpaired) electrons. The predicted molar refractivity (Wildman–Crippen MR) is 400 cm³/mol. The summed E-state index contributed by atoms with van der Waals surface area (Å²) in [5.41, 5.74) is -0.840. The Kier molecular flexibility index (Phi) is 24.8. The van der Waals surface area contributed by atoms with E-state index in [0.29, 0.717) is 96.2 Å². The second-order valence-electron chi connectivity index (χ2n) is 25.8. The van der Waals surface area contributed by atoms with E-state index in [-0.39, 0.29) is 55.9 Å². The minimum Gasteiger partial charge on any atom is -0.356 e. The van der Waals surface area contributed by atoms with Crippen molar-refractivity contribution >= 4 is 91.0 Å². The Labute approximate surface area is 621 Å². The summed E-state index contributed by atoms with van der Waals surface area (Å²) in [6.07, 6.45) is 10.3. The Hall–Kier alpha value is -12.6. The van der Waals surface area contributed by atoms with Crippen molar-refractivity contribution in [1.29, 1.82) is 0 Å². The van der Waals surface area contributed by atoms with Gasteiger partial charge in [0.15, 0.2) is 46.6 Å². The van der Waals surface area contributed by atoms with E-state index < -0.39 is 101 Å². The van der Waals surface area contributed by atoms with E-state index in [1.165, 1.54) is 61.6 Å². The highest BCUT2D eigenvalue weighted by Gasteiger charge is 2.34. The number of alkyl halides is 5. The van der Waals surface area contributed by atoms with Crippen molar-refractivity contribution in [3.05, 3.63) is 146 Å². The molecule has 0 atom stereocenters. The number of hydrogen-bond acceptors (Lipinski definition) is 20. The number of pyridine rings is 4. The zero-order valence-electron chi connectivity index (χ0n) is 59.2. The summed E-state index contributed by atoms with van der Waals surface area (Å²) < 4.78 is 144. The minimum absolute atomic E-state index is 0. The normalized spacial score (nSPS) is 11.7. The average molecular weight is 1530 g/mol. The summed E-state index contributed by atoms with van der Waals surface area (Å²) in [6.45, 7) is 12.6. The first-order valence-electron chi connectivity index (χ1n) is 32.7. The first kappa shape index (κ1) is 79.5. The molecule has 0 aliphatic rings. The van der Waals surface area contributed by atoms with Crippen LogP contribution in [-0.2, 0) is 19.2 Å². The van der Waals surface area contributed by atoms with Gasteiger partial charge in [-0.25, -0.2) is 108 Å². The van der Waals surface area contributed by atoms with E-state index in [1.54, 1.807) is 79.3 Å². The van der Waals surface area contributed by atoms with Crippen LogP contribution in [-0.4, -0.2) is 183 Å². The molecule has 0 aromatic carbocycles. The number of nitrogens with zero attached hydrogens (tertiary/aromatic N) is 13. The lowest BCUT2D eigenvalue weighted by molar-refractivity contribution is -0.133. The van der Waals surface area contributed by atoms with Crippen LogP contribution in [0.4, 0.5) is 71.6 Å². The van der Waals surface area contributed by atoms with Gasteiger partial charge in [0, 0.05) is 115 Å². The number of carbonyl (C=O) groups excluding carboxylic acids is 4. The van der Waals surface area contributed by atoms with Crippen LogP contribution in [0.3, 0.4) is 0 Å². The molecule has 12 aromatic rings. The fourth-order valence-electron chi connectivity index (χ4n) is 10.2. The van der Waals surface area contributed by atoms with Gasteiger partial charge in [0.2, 0.25) is 23.6 Å². The molecule has 0 aliphatic heterocycles. The number of nitrogens with one attached hydrogen (secondary N) is 11. The molecular weight excluding hydrogens is 1440 g/mol. The number of rotatable bonds is 23. The monoisotopic (exact) mass is 1530 g/mol. The molecule has 108 heavy (non-hydrogen) atoms. The van der Waals surface area contributed by atoms with Gasteiger partial charge in [0.05, 0.1) is 50.3 Å². The third-order valence-electron chi connectivity index (χ3n) is 15.8. The van der Waals surface area contributed by atoms with Crippen molar-refractivity contribution in [2.24, 2.45) is 0 Å². The second kappa shape index (κ2) is 33.7. The van der Waals surface area contributed by atoms with Crippen molar-refractivity contribution in [3.8, 4) is 45.6 Å². The number of anilines is 4. The van der Waals surface area contributed by atoms with Crippen LogP contribution >= 0.6 is 0 Å². The molecule has 0 unspecified atom stereocenters. The van der Waals surface area contributed by atoms with Gasteiger partial charge in [-0.2, -0.15) is 0 Å². The Morgan fingerprint density at radius 2 is 0.759 bits per heavy atom. The first-order chi connectivity index (χ1) is 51.1. The summed E-state index contributed by atoms with van der Waals surface area (Å²) in [7, 11) is 1.67. The molecule has 11 N–H and O–H groups in total. The van der Waals surface area contributed by atoms with Crippen LogP contribution in [0.1, 0.15) is 76.6 Å². The van der Waals surface area contributed by atoms with Crippen LogP contribution in [0.5, 0.6) is 0 Å². The van der Waals surface area contributed by atoms with Crippen molar-refractivity contribution in [2.75, 3.05) is 61.2 Å². The molecule has 588 valence electrons. The molecule has 0 bridgehead atoms. The number of fused-ring (bicyclic) bond motifs is 4. The van der Waals surface area contributed by atoms with Gasteiger partial charge in [0.25, 0.3) is 12.9 Å². The fourth-order valence-corrected chi connectivity index (χ4v) is 10.2. The van der Waals surface area contributed by atoms with Gasteiger partial charge in [-0.15, -0.1) is 0 Å². The van der Waals surface area contributed by atoms with Gasteiger partial charge in [-0.1, -0.05) is 0 Å². The highest BCUT2D eigenvalue weighted by molar-refractivity contribution is 5.96. The molecule has 0 aliphatic carbocycles. The molecule has 12 aromatic heterocycles. The third-order valence-corrected chi connectivity index (χ3v) is 15.8. The van der Waals surface area contributed by atoms with Gasteiger partial charge in [-0.3, -0.25) is 19.2 Å². The van der Waals surface area contributed by atoms with Gasteiger partial charge < -0.3 is 62.1 Å². The maximum atomic E-state index is 14.3. The third kappa shape index (κ3) is 19.7. The van der Waals surface area contributed by atoms with E-state index in [2.05, 4.69) is 117 Å². The maximum absolute atomic E-state index is 14.3. The number of likely N-dealkylation sites (N-methyl/N-ethyl adjacent to an activating group) is 1. The second-order valence-corrected chi connectivity index (χ2v) is 25.8. The van der Waals surface area contributed by atoms with Gasteiger partial charge >= 0.3 is 0 Å². The van der Waals surface area contributed by atoms with Gasteiger partial charge in [-0.05, 0) is 98.7 Å². The van der Waals surface area contributed by atoms with Crippen molar-refractivity contribution in [2.45, 2.75) is 97.3 Å². The van der Waals surface area contributed by atoms with E-state index in [9.17, 15) is 67.5 Å². The quantitative estimate of drug-likeness (QED) is 0.0265. The van der Waals surface area contributed by atoms with Crippen LogP contribution in [0.15, 0.2) is 111 Å². The first-order valence-corrected chi connectivity index (χ1v) is 32.7. The molecule has 12 heterocycles. The van der Waals surface area contributed by atoms with Crippen molar-refractivity contribution in [3.63, 3.8) is 0 Å². The molecule has 0 saturated heterocycles. The molecule has 0 saturated carbocycles. The van der Waals surface area contributed by atoms with E-state index >= 15 is 0 Å². The topological polar surface area (TPSA) is 374 Å². The van der Waals surface area contributed by atoms with E-state index in [0.717, 1.165) is 37.2 Å². The van der Waals surface area contributed by atoms with E-state index in [4.69, 9.17) is 0 Å². The molecule has 4 amide bonds. The predicted octanol–water partition coefficient (Wildman–Crippen LogP) is 13.5. The highest BCUT2D eigenvalue weighted by Crippen LogP contribution is 2.32. The fraction of sp³-hybridized carbons (Fsp3) is 0.304. The average Bonchev–Trinajstić information content (AvgIpc) is 1.65. The number of hydrogen-bond donors (Lipinski definition) is 11. The van der Waals surface area contributed by atoms with Gasteiger partial charge in [0.1, 0.15) is 86.3 Å². The number of H-pyrrole nitrogens is 4. The largest absolute Gasteiger partial charge is 0.356 e. The lowest BCUT2D eigenvalue weighted by Gasteiger charge is -2.30. The summed E-state index contributed by atoms with van der Waals surface area (Å²) in [5.74, 6) is -4.26. The Morgan fingerprint density at radius 3 is 1.08 bits per heavy atom. The number of aromatic amines is 4. The number of halogens is 11. The van der Waals surface area contributed by atoms with Crippen molar-refractivity contribution < 1.29 is 81.7 Å². The summed E-state index contributed by atoms with van der Waals surface area (Å²) in [6, 6.07) is 8.36. The lowest BCUT2D eigenvalue weighted by Crippen LogP contribution is -2.49. The smallest absolute Gasteiger partial charge is 0.255 e. The lowest BCUT2D eigenvalue weighted by atomic mass is 10.0. The summed E-state index contributed by atoms with van der Waals surface area (Å²) in [5, 5.41) is 20.0. The minimum atomic E-state index is -2.71.